The molecule has 3 nitrogen and oxygen atoms in total. The average molecular weight is 114 g/mol. The summed E-state index contributed by atoms with van der Waals surface area (Å²) >= 11 is 0. The van der Waals surface area contributed by atoms with E-state index in [1.807, 2.05) is 0 Å². The van der Waals surface area contributed by atoms with Gasteiger partial charge in [0, 0.05) is 0 Å². The third-order valence-corrected chi connectivity index (χ3v) is 1.27. The molecule has 0 radical (unpaired) electrons. The van der Waals surface area contributed by atoms with Crippen LogP contribution in [0.25, 0.3) is 0 Å². The Morgan fingerprint density at radius 3 is 2.62 bits per heavy atom. The zero-order chi connectivity index (χ0) is 5.98. The Hall–Kier alpha value is 0.00987. The van der Waals surface area contributed by atoms with Gasteiger partial charge in [-0.15, -0.1) is 0 Å². The van der Waals surface area contributed by atoms with Crippen molar-refractivity contribution in [1.82, 2.24) is 0 Å². The zero-order valence-corrected chi connectivity index (χ0v) is 4.58. The van der Waals surface area contributed by atoms with Crippen molar-refractivity contribution in [1.29, 1.82) is 0 Å². The van der Waals surface area contributed by atoms with Crippen LogP contribution in [0.15, 0.2) is 0 Å². The molecule has 8 heavy (non-hydrogen) atoms. The highest BCUT2D eigenvalue weighted by atomic mass is 16.5. The first-order chi connectivity index (χ1) is 3.84. The van der Waals surface area contributed by atoms with Crippen molar-refractivity contribution in [2.45, 2.75) is 18.7 Å². The van der Waals surface area contributed by atoms with E-state index in [-0.39, 0.29) is 7.69 Å². The molecule has 0 aromatic carbocycles. The van der Waals surface area contributed by atoms with Gasteiger partial charge in [-0.25, -0.2) is 0 Å². The standard InChI is InChI=1S/C3H8B2O3/c6-4-8-5(7)3-1-2-3/h3-4,6-7H,1-2H2. The highest BCUT2D eigenvalue weighted by molar-refractivity contribution is 6.52. The van der Waals surface area contributed by atoms with Crippen LogP contribution in [0, 0.1) is 0 Å². The zero-order valence-electron chi connectivity index (χ0n) is 4.58. The smallest absolute Gasteiger partial charge is 0.443 e. The average Bonchev–Trinajstić information content (AvgIpc) is 2.45. The first-order valence-electron chi connectivity index (χ1n) is 2.75. The fraction of sp³-hybridized carbons (Fsp3) is 1.00. The Kier molecular flexibility index (Phi) is 1.94. The van der Waals surface area contributed by atoms with Gasteiger partial charge >= 0.3 is 14.8 Å². The summed E-state index contributed by atoms with van der Waals surface area (Å²) in [6.07, 6.45) is 2.06. The third kappa shape index (κ3) is 1.51. The molecule has 0 saturated heterocycles. The predicted octanol–water partition coefficient (Wildman–Crippen LogP) is -1.09. The molecule has 0 bridgehead atoms. The molecule has 0 unspecified atom stereocenters. The topological polar surface area (TPSA) is 49.7 Å². The summed E-state index contributed by atoms with van der Waals surface area (Å²) in [6, 6.07) is 0. The van der Waals surface area contributed by atoms with Gasteiger partial charge in [0.2, 0.25) is 0 Å². The largest absolute Gasteiger partial charge is 0.454 e. The van der Waals surface area contributed by atoms with E-state index in [9.17, 15) is 0 Å². The van der Waals surface area contributed by atoms with Gasteiger partial charge in [-0.2, -0.15) is 0 Å². The van der Waals surface area contributed by atoms with Crippen LogP contribution in [0.5, 0.6) is 0 Å². The van der Waals surface area contributed by atoms with Crippen molar-refractivity contribution < 1.29 is 14.6 Å². The normalized spacial score (nSPS) is 18.2. The molecule has 5 heteroatoms. The van der Waals surface area contributed by atoms with E-state index >= 15 is 0 Å². The maximum atomic E-state index is 8.81. The van der Waals surface area contributed by atoms with Crippen LogP contribution in [-0.4, -0.2) is 24.9 Å². The van der Waals surface area contributed by atoms with Crippen LogP contribution in [-0.2, 0) is 4.57 Å². The summed E-state index contributed by atoms with van der Waals surface area (Å²) in [5, 5.41) is 16.9. The van der Waals surface area contributed by atoms with Crippen molar-refractivity contribution in [2.24, 2.45) is 0 Å². The Labute approximate surface area is 49.1 Å². The molecule has 1 rings (SSSR count). The molecule has 1 aliphatic rings. The second-order valence-corrected chi connectivity index (χ2v) is 2.02. The quantitative estimate of drug-likeness (QED) is 0.458. The predicted molar refractivity (Wildman–Crippen MR) is 31.4 cm³/mol. The minimum absolute atomic E-state index is 0.294. The molecule has 0 heterocycles. The van der Waals surface area contributed by atoms with E-state index in [1.165, 1.54) is 0 Å². The summed E-state index contributed by atoms with van der Waals surface area (Å²) in [6.45, 7) is 0. The van der Waals surface area contributed by atoms with Gasteiger partial charge in [-0.1, -0.05) is 12.8 Å². The highest BCUT2D eigenvalue weighted by Crippen LogP contribution is 2.38. The molecule has 1 fully saturated rings. The molecule has 0 amide bonds. The van der Waals surface area contributed by atoms with Crippen LogP contribution in [0.3, 0.4) is 0 Å². The Morgan fingerprint density at radius 1 is 1.62 bits per heavy atom. The van der Waals surface area contributed by atoms with Crippen molar-refractivity contribution in [3.63, 3.8) is 0 Å². The van der Waals surface area contributed by atoms with Crippen molar-refractivity contribution in [3.8, 4) is 0 Å². The van der Waals surface area contributed by atoms with Crippen LogP contribution >= 0.6 is 0 Å². The molecule has 1 aliphatic carbocycles. The molecular weight excluding hydrogens is 106 g/mol. The second-order valence-electron chi connectivity index (χ2n) is 2.02. The number of hydrogen-bond acceptors (Lipinski definition) is 3. The lowest BCUT2D eigenvalue weighted by Gasteiger charge is -1.99. The minimum atomic E-state index is -0.722. The van der Waals surface area contributed by atoms with E-state index < -0.39 is 7.12 Å². The molecular formula is C3H8B2O3. The Bertz CT molecular complexity index is 74.9. The van der Waals surface area contributed by atoms with Crippen molar-refractivity contribution >= 4 is 14.8 Å². The highest BCUT2D eigenvalue weighted by Gasteiger charge is 2.35. The first kappa shape index (κ1) is 6.13. The van der Waals surface area contributed by atoms with Crippen molar-refractivity contribution in [3.05, 3.63) is 0 Å². The maximum Gasteiger partial charge on any atom is 0.443 e. The SMILES string of the molecule is OBOB(O)C1CC1. The number of rotatable bonds is 3. The molecule has 44 valence electrons. The van der Waals surface area contributed by atoms with E-state index in [0.717, 1.165) is 12.8 Å². The summed E-state index contributed by atoms with van der Waals surface area (Å²) in [7, 11) is -1.10. The lowest BCUT2D eigenvalue weighted by atomic mass is 9.81. The van der Waals surface area contributed by atoms with E-state index in [2.05, 4.69) is 4.57 Å². The number of hydrogen-bond donors (Lipinski definition) is 2. The van der Waals surface area contributed by atoms with Gasteiger partial charge in [-0.3, -0.25) is 0 Å². The Morgan fingerprint density at radius 2 is 2.25 bits per heavy atom. The summed E-state index contributed by atoms with van der Waals surface area (Å²) in [5.41, 5.74) is 0. The lowest BCUT2D eigenvalue weighted by Crippen LogP contribution is -2.20. The molecule has 0 aromatic heterocycles. The lowest BCUT2D eigenvalue weighted by molar-refractivity contribution is 0.377. The molecule has 0 aromatic rings. The van der Waals surface area contributed by atoms with E-state index in [4.69, 9.17) is 10.0 Å². The first-order valence-corrected chi connectivity index (χ1v) is 2.75. The van der Waals surface area contributed by atoms with Gasteiger partial charge < -0.3 is 14.6 Å². The van der Waals surface area contributed by atoms with Crippen LogP contribution < -0.4 is 0 Å². The molecule has 2 N–H and O–H groups in total. The molecule has 1 saturated carbocycles. The van der Waals surface area contributed by atoms with Gasteiger partial charge in [0.1, 0.15) is 0 Å². The van der Waals surface area contributed by atoms with E-state index in [0.29, 0.717) is 5.82 Å². The van der Waals surface area contributed by atoms with Crippen molar-refractivity contribution in [2.75, 3.05) is 0 Å². The maximum absolute atomic E-state index is 8.81. The summed E-state index contributed by atoms with van der Waals surface area (Å²) < 4.78 is 4.48. The van der Waals surface area contributed by atoms with Gasteiger partial charge in [0.25, 0.3) is 0 Å². The fourth-order valence-corrected chi connectivity index (χ4v) is 0.594. The molecule has 0 aliphatic heterocycles. The van der Waals surface area contributed by atoms with Gasteiger partial charge in [0.15, 0.2) is 0 Å². The van der Waals surface area contributed by atoms with Gasteiger partial charge in [0.05, 0.1) is 0 Å². The third-order valence-electron chi connectivity index (χ3n) is 1.27. The van der Waals surface area contributed by atoms with Crippen LogP contribution in [0.1, 0.15) is 12.8 Å². The van der Waals surface area contributed by atoms with E-state index in [1.54, 1.807) is 0 Å². The molecule has 0 spiro atoms. The Balaban J connectivity index is 2.03. The molecule has 0 atom stereocenters. The van der Waals surface area contributed by atoms with Crippen LogP contribution in [0.4, 0.5) is 0 Å². The monoisotopic (exact) mass is 114 g/mol. The van der Waals surface area contributed by atoms with Crippen LogP contribution in [0.2, 0.25) is 5.82 Å². The summed E-state index contributed by atoms with van der Waals surface area (Å²) in [4.78, 5) is 0. The fourth-order valence-electron chi connectivity index (χ4n) is 0.594. The second kappa shape index (κ2) is 2.53. The summed E-state index contributed by atoms with van der Waals surface area (Å²) in [5.74, 6) is 0.294. The minimum Gasteiger partial charge on any atom is -0.454 e. The van der Waals surface area contributed by atoms with Gasteiger partial charge in [-0.05, 0) is 5.82 Å².